The summed E-state index contributed by atoms with van der Waals surface area (Å²) in [5, 5.41) is 4.82. The van der Waals surface area contributed by atoms with E-state index in [1.165, 1.54) is 13.3 Å². The summed E-state index contributed by atoms with van der Waals surface area (Å²) in [5.74, 6) is -0.741. The number of benzene rings is 3. The summed E-state index contributed by atoms with van der Waals surface area (Å²) in [5.41, 5.74) is 7.80. The van der Waals surface area contributed by atoms with E-state index < -0.39 is 5.97 Å². The molecule has 6 heteroatoms. The fraction of sp³-hybridized carbons (Fsp3) is 0.0769. The third kappa shape index (κ3) is 4.54. The van der Waals surface area contributed by atoms with Crippen molar-refractivity contribution in [3.8, 4) is 11.3 Å². The normalized spacial score (nSPS) is 10.9. The molecule has 158 valence electrons. The van der Waals surface area contributed by atoms with Crippen LogP contribution in [0.3, 0.4) is 0 Å². The molecule has 1 N–H and O–H groups in total. The van der Waals surface area contributed by atoms with Crippen molar-refractivity contribution in [2.45, 2.75) is 6.92 Å². The zero-order valence-corrected chi connectivity index (χ0v) is 17.7. The Labute approximate surface area is 185 Å². The first-order valence-electron chi connectivity index (χ1n) is 10.0. The van der Waals surface area contributed by atoms with Crippen molar-refractivity contribution in [2.75, 3.05) is 7.11 Å². The van der Waals surface area contributed by atoms with Gasteiger partial charge in [-0.1, -0.05) is 60.2 Å². The maximum Gasteiger partial charge on any atom is 0.337 e. The number of aromatic nitrogens is 1. The largest absolute Gasteiger partial charge is 0.465 e. The first kappa shape index (κ1) is 20.9. The minimum absolute atomic E-state index is 0.334. The van der Waals surface area contributed by atoms with Gasteiger partial charge in [0.05, 0.1) is 35.7 Å². The van der Waals surface area contributed by atoms with Gasteiger partial charge in [0.15, 0.2) is 0 Å². The summed E-state index contributed by atoms with van der Waals surface area (Å²) < 4.78 is 4.69. The van der Waals surface area contributed by atoms with Gasteiger partial charge in [0.25, 0.3) is 5.91 Å². The number of nitrogens with one attached hydrogen (secondary N) is 1. The van der Waals surface area contributed by atoms with E-state index in [1.807, 2.05) is 55.5 Å². The van der Waals surface area contributed by atoms with Gasteiger partial charge in [0, 0.05) is 10.9 Å². The highest BCUT2D eigenvalue weighted by molar-refractivity contribution is 6.07. The van der Waals surface area contributed by atoms with E-state index in [0.29, 0.717) is 11.1 Å². The standard InChI is InChI=1S/C26H21N3O3/c1-17-7-11-19(12-8-17)24-15-22(21-5-3-4-6-23(21)28-24)25(30)29-27-16-18-9-13-20(14-10-18)26(31)32-2/h3-16H,1-2H3,(H,29,30). The molecule has 0 radical (unpaired) electrons. The number of amides is 1. The molecule has 0 unspecified atom stereocenters. The van der Waals surface area contributed by atoms with Gasteiger partial charge in [0.1, 0.15) is 0 Å². The highest BCUT2D eigenvalue weighted by Gasteiger charge is 2.13. The molecule has 0 bridgehead atoms. The summed E-state index contributed by atoms with van der Waals surface area (Å²) in [6, 6.07) is 24.0. The van der Waals surface area contributed by atoms with E-state index >= 15 is 0 Å². The Kier molecular flexibility index (Phi) is 6.03. The smallest absolute Gasteiger partial charge is 0.337 e. The average Bonchev–Trinajstić information content (AvgIpc) is 2.83. The SMILES string of the molecule is COC(=O)c1ccc(C=NNC(=O)c2cc(-c3ccc(C)cc3)nc3ccccc23)cc1. The second-order valence-electron chi connectivity index (χ2n) is 7.25. The van der Waals surface area contributed by atoms with E-state index in [-0.39, 0.29) is 5.91 Å². The Balaban J connectivity index is 1.59. The molecule has 0 aliphatic rings. The Morgan fingerprint density at radius 1 is 0.969 bits per heavy atom. The second kappa shape index (κ2) is 9.22. The lowest BCUT2D eigenvalue weighted by molar-refractivity contribution is 0.0600. The van der Waals surface area contributed by atoms with Gasteiger partial charge in [-0.25, -0.2) is 15.2 Å². The molecule has 0 saturated carbocycles. The maximum absolute atomic E-state index is 13.0. The van der Waals surface area contributed by atoms with E-state index in [9.17, 15) is 9.59 Å². The summed E-state index contributed by atoms with van der Waals surface area (Å²) >= 11 is 0. The molecule has 0 saturated heterocycles. The van der Waals surface area contributed by atoms with Gasteiger partial charge >= 0.3 is 5.97 Å². The monoisotopic (exact) mass is 423 g/mol. The molecular weight excluding hydrogens is 402 g/mol. The molecular formula is C26H21N3O3. The minimum atomic E-state index is -0.407. The zero-order chi connectivity index (χ0) is 22.5. The Hall–Kier alpha value is -4.32. The molecule has 32 heavy (non-hydrogen) atoms. The van der Waals surface area contributed by atoms with Crippen molar-refractivity contribution in [2.24, 2.45) is 5.10 Å². The van der Waals surface area contributed by atoms with Crippen molar-refractivity contribution in [1.82, 2.24) is 10.4 Å². The van der Waals surface area contributed by atoms with E-state index in [4.69, 9.17) is 4.98 Å². The predicted octanol–water partition coefficient (Wildman–Crippen LogP) is 4.76. The summed E-state index contributed by atoms with van der Waals surface area (Å²) in [6.45, 7) is 2.03. The van der Waals surface area contributed by atoms with Crippen molar-refractivity contribution in [1.29, 1.82) is 0 Å². The lowest BCUT2D eigenvalue weighted by Gasteiger charge is -2.09. The fourth-order valence-corrected chi connectivity index (χ4v) is 3.28. The molecule has 3 aromatic carbocycles. The summed E-state index contributed by atoms with van der Waals surface area (Å²) in [4.78, 5) is 29.2. The number of hydrogen-bond donors (Lipinski definition) is 1. The molecule has 0 fully saturated rings. The molecule has 1 aromatic heterocycles. The third-order valence-corrected chi connectivity index (χ3v) is 5.02. The van der Waals surface area contributed by atoms with Crippen LogP contribution in [-0.2, 0) is 4.74 Å². The number of aryl methyl sites for hydroxylation is 1. The van der Waals surface area contributed by atoms with E-state index in [1.54, 1.807) is 30.3 Å². The van der Waals surface area contributed by atoms with Gasteiger partial charge in [-0.2, -0.15) is 5.10 Å². The average molecular weight is 423 g/mol. The predicted molar refractivity (Wildman–Crippen MR) is 125 cm³/mol. The lowest BCUT2D eigenvalue weighted by Crippen LogP contribution is -2.18. The Bertz CT molecular complexity index is 1310. The van der Waals surface area contributed by atoms with Crippen LogP contribution in [0.4, 0.5) is 0 Å². The van der Waals surface area contributed by atoms with Gasteiger partial charge in [0.2, 0.25) is 0 Å². The number of esters is 1. The number of methoxy groups -OCH3 is 1. The summed E-state index contributed by atoms with van der Waals surface area (Å²) in [7, 11) is 1.33. The number of nitrogens with zero attached hydrogens (tertiary/aromatic N) is 2. The molecule has 4 rings (SSSR count). The number of pyridine rings is 1. The van der Waals surface area contributed by atoms with Crippen LogP contribution < -0.4 is 5.43 Å². The van der Waals surface area contributed by atoms with Crippen LogP contribution in [0, 0.1) is 6.92 Å². The van der Waals surface area contributed by atoms with Crippen LogP contribution in [0.1, 0.15) is 31.8 Å². The first-order valence-corrected chi connectivity index (χ1v) is 10.0. The first-order chi connectivity index (χ1) is 15.5. The number of rotatable bonds is 5. The number of hydrogen-bond acceptors (Lipinski definition) is 5. The third-order valence-electron chi connectivity index (χ3n) is 5.02. The van der Waals surface area contributed by atoms with Crippen LogP contribution in [0.15, 0.2) is 84.0 Å². The molecule has 6 nitrogen and oxygen atoms in total. The number of fused-ring (bicyclic) bond motifs is 1. The number of para-hydroxylation sites is 1. The quantitative estimate of drug-likeness (QED) is 0.285. The Morgan fingerprint density at radius 3 is 2.41 bits per heavy atom. The van der Waals surface area contributed by atoms with Crippen LogP contribution in [0.25, 0.3) is 22.2 Å². The van der Waals surface area contributed by atoms with Crippen molar-refractivity contribution >= 4 is 29.0 Å². The number of carbonyl (C=O) groups excluding carboxylic acids is 2. The maximum atomic E-state index is 13.0. The molecule has 0 atom stereocenters. The Morgan fingerprint density at radius 2 is 1.69 bits per heavy atom. The number of hydrazone groups is 1. The molecule has 0 aliphatic heterocycles. The number of ether oxygens (including phenoxy) is 1. The molecule has 1 amide bonds. The molecule has 4 aromatic rings. The summed E-state index contributed by atoms with van der Waals surface area (Å²) in [6.07, 6.45) is 1.52. The van der Waals surface area contributed by atoms with Crippen LogP contribution in [0.5, 0.6) is 0 Å². The molecule has 1 heterocycles. The molecule has 0 spiro atoms. The minimum Gasteiger partial charge on any atom is -0.465 e. The molecule has 0 aliphatic carbocycles. The van der Waals surface area contributed by atoms with Gasteiger partial charge in [-0.3, -0.25) is 4.79 Å². The van der Waals surface area contributed by atoms with Crippen LogP contribution in [0.2, 0.25) is 0 Å². The van der Waals surface area contributed by atoms with Gasteiger partial charge in [-0.05, 0) is 36.8 Å². The highest BCUT2D eigenvalue weighted by Crippen LogP contribution is 2.25. The second-order valence-corrected chi connectivity index (χ2v) is 7.25. The van der Waals surface area contributed by atoms with E-state index in [0.717, 1.165) is 33.3 Å². The topological polar surface area (TPSA) is 80.6 Å². The lowest BCUT2D eigenvalue weighted by atomic mass is 10.0. The zero-order valence-electron chi connectivity index (χ0n) is 17.7. The van der Waals surface area contributed by atoms with Crippen LogP contribution >= 0.6 is 0 Å². The van der Waals surface area contributed by atoms with Crippen LogP contribution in [-0.4, -0.2) is 30.2 Å². The van der Waals surface area contributed by atoms with Crippen molar-refractivity contribution in [3.05, 3.63) is 101 Å². The van der Waals surface area contributed by atoms with Gasteiger partial charge in [-0.15, -0.1) is 0 Å². The highest BCUT2D eigenvalue weighted by atomic mass is 16.5. The van der Waals surface area contributed by atoms with E-state index in [2.05, 4.69) is 15.3 Å². The van der Waals surface area contributed by atoms with Gasteiger partial charge < -0.3 is 4.74 Å². The van der Waals surface area contributed by atoms with Crippen molar-refractivity contribution < 1.29 is 14.3 Å². The fourth-order valence-electron chi connectivity index (χ4n) is 3.28. The number of carbonyl (C=O) groups is 2. The van der Waals surface area contributed by atoms with Crippen molar-refractivity contribution in [3.63, 3.8) is 0 Å².